The lowest BCUT2D eigenvalue weighted by molar-refractivity contribution is 0.313. The summed E-state index contributed by atoms with van der Waals surface area (Å²) in [6.07, 6.45) is 6.75. The molecule has 2 aromatic carbocycles. The SMILES string of the molecule is O=S(=O)(c1ccc(F)cc1)N1CCC(c2nc(-c3cc4ccccc4[nH]3)c3cnccn23)CC1. The molecule has 1 aliphatic rings. The Kier molecular flexibility index (Phi) is 4.96. The molecule has 0 saturated carbocycles. The van der Waals surface area contributed by atoms with E-state index in [4.69, 9.17) is 4.98 Å². The molecule has 34 heavy (non-hydrogen) atoms. The molecule has 6 rings (SSSR count). The summed E-state index contributed by atoms with van der Waals surface area (Å²) in [5.41, 5.74) is 3.71. The fourth-order valence-electron chi connectivity index (χ4n) is 4.76. The van der Waals surface area contributed by atoms with E-state index in [0.29, 0.717) is 25.9 Å². The number of benzene rings is 2. The molecule has 0 atom stereocenters. The van der Waals surface area contributed by atoms with Crippen LogP contribution in [0.2, 0.25) is 0 Å². The molecule has 0 bridgehead atoms. The van der Waals surface area contributed by atoms with Crippen LogP contribution in [-0.2, 0) is 10.0 Å². The predicted molar refractivity (Wildman–Crippen MR) is 127 cm³/mol. The van der Waals surface area contributed by atoms with Crippen LogP contribution >= 0.6 is 0 Å². The number of hydrogen-bond acceptors (Lipinski definition) is 4. The van der Waals surface area contributed by atoms with Crippen molar-refractivity contribution in [1.29, 1.82) is 0 Å². The number of hydrogen-bond donors (Lipinski definition) is 1. The van der Waals surface area contributed by atoms with E-state index in [1.807, 2.05) is 30.6 Å². The van der Waals surface area contributed by atoms with Gasteiger partial charge in [0, 0.05) is 42.3 Å². The molecule has 1 saturated heterocycles. The lowest BCUT2D eigenvalue weighted by atomic mass is 9.97. The number of para-hydroxylation sites is 1. The number of rotatable bonds is 4. The lowest BCUT2D eigenvalue weighted by Crippen LogP contribution is -2.38. The fraction of sp³-hybridized carbons (Fsp3) is 0.200. The molecule has 1 N–H and O–H groups in total. The number of H-pyrrole nitrogens is 1. The highest BCUT2D eigenvalue weighted by atomic mass is 32.2. The minimum Gasteiger partial charge on any atom is -0.353 e. The van der Waals surface area contributed by atoms with Crippen LogP contribution in [0.3, 0.4) is 0 Å². The first-order valence-corrected chi connectivity index (χ1v) is 12.6. The molecule has 0 spiro atoms. The van der Waals surface area contributed by atoms with Crippen molar-refractivity contribution in [3.8, 4) is 11.4 Å². The van der Waals surface area contributed by atoms with Gasteiger partial charge in [-0.2, -0.15) is 4.31 Å². The maximum absolute atomic E-state index is 13.2. The Morgan fingerprint density at radius 3 is 2.56 bits per heavy atom. The van der Waals surface area contributed by atoms with Gasteiger partial charge in [0.2, 0.25) is 10.0 Å². The molecule has 0 amide bonds. The standard InChI is InChI=1S/C25H22FN5O2S/c26-19-5-7-20(8-6-19)34(32,33)30-12-9-17(10-13-30)25-29-24(23-16-27-11-14-31(23)25)22-15-18-3-1-2-4-21(18)28-22/h1-8,11,14-17,28H,9-10,12-13H2. The van der Waals surface area contributed by atoms with Crippen LogP contribution in [0.5, 0.6) is 0 Å². The van der Waals surface area contributed by atoms with Gasteiger partial charge in [0.15, 0.2) is 0 Å². The van der Waals surface area contributed by atoms with Crippen molar-refractivity contribution in [2.24, 2.45) is 0 Å². The Balaban J connectivity index is 1.30. The van der Waals surface area contributed by atoms with E-state index < -0.39 is 15.8 Å². The Labute approximate surface area is 195 Å². The topological polar surface area (TPSA) is 83.4 Å². The van der Waals surface area contributed by atoms with Gasteiger partial charge in [-0.05, 0) is 49.2 Å². The van der Waals surface area contributed by atoms with Crippen molar-refractivity contribution in [3.05, 3.63) is 84.8 Å². The summed E-state index contributed by atoms with van der Waals surface area (Å²) in [4.78, 5) is 12.9. The number of piperidine rings is 1. The molecular weight excluding hydrogens is 453 g/mol. The molecule has 0 radical (unpaired) electrons. The van der Waals surface area contributed by atoms with Crippen molar-refractivity contribution in [2.75, 3.05) is 13.1 Å². The third kappa shape index (κ3) is 3.48. The second kappa shape index (κ2) is 8.03. The Morgan fingerprint density at radius 1 is 1.03 bits per heavy atom. The van der Waals surface area contributed by atoms with Gasteiger partial charge in [0.05, 0.1) is 22.3 Å². The quantitative estimate of drug-likeness (QED) is 0.412. The second-order valence-corrected chi connectivity index (χ2v) is 10.5. The fourth-order valence-corrected chi connectivity index (χ4v) is 6.23. The average molecular weight is 476 g/mol. The monoisotopic (exact) mass is 475 g/mol. The summed E-state index contributed by atoms with van der Waals surface area (Å²) in [6.45, 7) is 0.762. The summed E-state index contributed by atoms with van der Waals surface area (Å²) < 4.78 is 42.8. The zero-order chi connectivity index (χ0) is 23.3. The number of aromatic nitrogens is 4. The first-order valence-electron chi connectivity index (χ1n) is 11.2. The number of nitrogens with one attached hydrogen (secondary N) is 1. The molecule has 1 aliphatic heterocycles. The third-order valence-corrected chi connectivity index (χ3v) is 8.44. The van der Waals surface area contributed by atoms with E-state index in [9.17, 15) is 12.8 Å². The van der Waals surface area contributed by atoms with Crippen LogP contribution in [-0.4, -0.2) is 45.2 Å². The Morgan fingerprint density at radius 2 is 1.79 bits per heavy atom. The molecule has 1 fully saturated rings. The molecule has 0 aliphatic carbocycles. The highest BCUT2D eigenvalue weighted by molar-refractivity contribution is 7.89. The van der Waals surface area contributed by atoms with Crippen molar-refractivity contribution in [2.45, 2.75) is 23.7 Å². The zero-order valence-corrected chi connectivity index (χ0v) is 19.0. The van der Waals surface area contributed by atoms with E-state index in [2.05, 4.69) is 26.5 Å². The van der Waals surface area contributed by atoms with E-state index in [0.717, 1.165) is 33.6 Å². The lowest BCUT2D eigenvalue weighted by Gasteiger charge is -2.30. The van der Waals surface area contributed by atoms with Crippen LogP contribution in [0, 0.1) is 5.82 Å². The number of imidazole rings is 1. The maximum atomic E-state index is 13.2. The molecular formula is C25H22FN5O2S. The summed E-state index contributed by atoms with van der Waals surface area (Å²) in [5.74, 6) is 0.557. The van der Waals surface area contributed by atoms with E-state index in [-0.39, 0.29) is 10.8 Å². The van der Waals surface area contributed by atoms with Crippen molar-refractivity contribution >= 4 is 26.4 Å². The summed E-state index contributed by atoms with van der Waals surface area (Å²) in [6, 6.07) is 15.2. The Hall–Kier alpha value is -3.56. The van der Waals surface area contributed by atoms with Gasteiger partial charge in [0.25, 0.3) is 0 Å². The van der Waals surface area contributed by atoms with Crippen LogP contribution in [0.25, 0.3) is 27.8 Å². The predicted octanol–water partition coefficient (Wildman–Crippen LogP) is 4.59. The van der Waals surface area contributed by atoms with Gasteiger partial charge in [-0.15, -0.1) is 0 Å². The minimum absolute atomic E-state index is 0.104. The maximum Gasteiger partial charge on any atom is 0.243 e. The third-order valence-electron chi connectivity index (χ3n) is 6.53. The van der Waals surface area contributed by atoms with Crippen LogP contribution < -0.4 is 0 Å². The number of sulfonamides is 1. The molecule has 0 unspecified atom stereocenters. The van der Waals surface area contributed by atoms with Crippen molar-refractivity contribution in [1.82, 2.24) is 23.7 Å². The number of aromatic amines is 1. The molecule has 4 heterocycles. The first kappa shape index (κ1) is 21.0. The number of halogens is 1. The highest BCUT2D eigenvalue weighted by Crippen LogP contribution is 2.34. The molecule has 7 nitrogen and oxygen atoms in total. The molecule has 9 heteroatoms. The highest BCUT2D eigenvalue weighted by Gasteiger charge is 2.32. The number of fused-ring (bicyclic) bond motifs is 2. The zero-order valence-electron chi connectivity index (χ0n) is 18.2. The van der Waals surface area contributed by atoms with Crippen LogP contribution in [0.4, 0.5) is 4.39 Å². The first-order chi connectivity index (χ1) is 16.5. The summed E-state index contributed by atoms with van der Waals surface area (Å²) in [5, 5.41) is 1.11. The van der Waals surface area contributed by atoms with Gasteiger partial charge in [-0.25, -0.2) is 17.8 Å². The molecule has 172 valence electrons. The minimum atomic E-state index is -3.66. The molecule has 5 aromatic rings. The normalized spacial score (nSPS) is 15.9. The van der Waals surface area contributed by atoms with Gasteiger partial charge < -0.3 is 4.98 Å². The second-order valence-electron chi connectivity index (χ2n) is 8.55. The van der Waals surface area contributed by atoms with Crippen LogP contribution in [0.15, 0.2) is 78.1 Å². The summed E-state index contributed by atoms with van der Waals surface area (Å²) >= 11 is 0. The smallest absolute Gasteiger partial charge is 0.243 e. The van der Waals surface area contributed by atoms with Crippen molar-refractivity contribution in [3.63, 3.8) is 0 Å². The molecule has 3 aromatic heterocycles. The average Bonchev–Trinajstić information content (AvgIpc) is 3.46. The Bertz CT molecular complexity index is 1570. The van der Waals surface area contributed by atoms with Gasteiger partial charge in [-0.3, -0.25) is 9.38 Å². The van der Waals surface area contributed by atoms with E-state index in [1.165, 1.54) is 28.6 Å². The van der Waals surface area contributed by atoms with Gasteiger partial charge in [-0.1, -0.05) is 18.2 Å². The van der Waals surface area contributed by atoms with Crippen LogP contribution in [0.1, 0.15) is 24.6 Å². The summed E-state index contributed by atoms with van der Waals surface area (Å²) in [7, 11) is -3.66. The van der Waals surface area contributed by atoms with Gasteiger partial charge >= 0.3 is 0 Å². The largest absolute Gasteiger partial charge is 0.353 e. The van der Waals surface area contributed by atoms with Crippen molar-refractivity contribution < 1.29 is 12.8 Å². The number of nitrogens with zero attached hydrogens (tertiary/aromatic N) is 4. The van der Waals surface area contributed by atoms with Gasteiger partial charge in [0.1, 0.15) is 17.3 Å². The van der Waals surface area contributed by atoms with E-state index in [1.54, 1.807) is 6.20 Å². The van der Waals surface area contributed by atoms with E-state index >= 15 is 0 Å².